The van der Waals surface area contributed by atoms with Gasteiger partial charge < -0.3 is 0 Å². The largest absolute Gasteiger partial charge is 0.254 e. The van der Waals surface area contributed by atoms with Crippen LogP contribution in [0, 0.1) is 0 Å². The summed E-state index contributed by atoms with van der Waals surface area (Å²) in [7, 11) is 0. The van der Waals surface area contributed by atoms with Gasteiger partial charge in [-0.1, -0.05) is 84.9 Å². The fraction of sp³-hybridized carbons (Fsp3) is 0.0667. The highest BCUT2D eigenvalue weighted by Crippen LogP contribution is 2.61. The second kappa shape index (κ2) is 6.48. The molecule has 32 heavy (non-hydrogen) atoms. The number of nitrogens with zero attached hydrogens (tertiary/aromatic N) is 2. The zero-order chi connectivity index (χ0) is 21.1. The summed E-state index contributed by atoms with van der Waals surface area (Å²) < 4.78 is 0. The predicted molar refractivity (Wildman–Crippen MR) is 128 cm³/mol. The van der Waals surface area contributed by atoms with Crippen LogP contribution in [0.15, 0.2) is 109 Å². The van der Waals surface area contributed by atoms with Crippen molar-refractivity contribution in [3.8, 4) is 22.5 Å². The van der Waals surface area contributed by atoms with Crippen molar-refractivity contribution in [1.29, 1.82) is 0 Å². The smallest absolute Gasteiger partial charge is 0.0937 e. The monoisotopic (exact) mass is 408 g/mol. The van der Waals surface area contributed by atoms with Gasteiger partial charge in [-0.25, -0.2) is 0 Å². The molecule has 0 saturated carbocycles. The lowest BCUT2D eigenvalue weighted by molar-refractivity contribution is 0.789. The lowest BCUT2D eigenvalue weighted by Crippen LogP contribution is -2.26. The summed E-state index contributed by atoms with van der Waals surface area (Å²) in [6, 6.07) is 35.1. The molecule has 3 aromatic carbocycles. The third-order valence-electron chi connectivity index (χ3n) is 7.01. The van der Waals surface area contributed by atoms with E-state index >= 15 is 0 Å². The number of hydrogen-bond donors (Lipinski definition) is 0. The second-order valence-corrected chi connectivity index (χ2v) is 8.64. The van der Waals surface area contributed by atoms with Crippen molar-refractivity contribution < 1.29 is 0 Å². The summed E-state index contributed by atoms with van der Waals surface area (Å²) >= 11 is 0. The topological polar surface area (TPSA) is 25.8 Å². The van der Waals surface area contributed by atoms with Gasteiger partial charge in [-0.15, -0.1) is 0 Å². The van der Waals surface area contributed by atoms with Crippen LogP contribution in [0.2, 0.25) is 0 Å². The molecule has 0 aliphatic heterocycles. The minimum absolute atomic E-state index is 0.357. The first-order chi connectivity index (χ1) is 15.9. The summed E-state index contributed by atoms with van der Waals surface area (Å²) in [4.78, 5) is 9.55. The van der Waals surface area contributed by atoms with Gasteiger partial charge in [-0.05, 0) is 63.1 Å². The second-order valence-electron chi connectivity index (χ2n) is 8.64. The average molecular weight is 409 g/mol. The zero-order valence-electron chi connectivity index (χ0n) is 17.5. The molecule has 0 amide bonds. The first-order valence-corrected chi connectivity index (χ1v) is 11.1. The van der Waals surface area contributed by atoms with Crippen molar-refractivity contribution in [2.24, 2.45) is 0 Å². The van der Waals surface area contributed by atoms with E-state index in [0.717, 1.165) is 17.8 Å². The molecular weight excluding hydrogens is 388 g/mol. The first-order valence-electron chi connectivity index (χ1n) is 11.1. The maximum atomic E-state index is 4.78. The Morgan fingerprint density at radius 3 is 1.88 bits per heavy atom. The van der Waals surface area contributed by atoms with Crippen LogP contribution < -0.4 is 0 Å². The standard InChI is InChI=1S/C30H20N2/c1-2-8-20(9-3-1)18-21-14-15-25-23(19-21)22-10-4-5-11-24(22)30(25)26-12-6-16-31-28(26)29-27(30)13-7-17-32-29/h1-17,19H,18H2. The van der Waals surface area contributed by atoms with E-state index in [-0.39, 0.29) is 5.41 Å². The quantitative estimate of drug-likeness (QED) is 0.330. The van der Waals surface area contributed by atoms with Gasteiger partial charge in [0.25, 0.3) is 0 Å². The lowest BCUT2D eigenvalue weighted by atomic mass is 9.71. The Morgan fingerprint density at radius 2 is 1.12 bits per heavy atom. The number of rotatable bonds is 2. The molecule has 5 aromatic rings. The van der Waals surface area contributed by atoms with Gasteiger partial charge in [0.2, 0.25) is 0 Å². The van der Waals surface area contributed by atoms with E-state index in [1.807, 2.05) is 12.4 Å². The fourth-order valence-corrected chi connectivity index (χ4v) is 5.79. The highest BCUT2D eigenvalue weighted by molar-refractivity contribution is 5.93. The number of benzene rings is 3. The van der Waals surface area contributed by atoms with Crippen LogP contribution in [0.25, 0.3) is 22.5 Å². The molecule has 0 radical (unpaired) electrons. The molecule has 0 saturated heterocycles. The molecule has 2 aliphatic carbocycles. The molecule has 0 bridgehead atoms. The molecule has 2 aliphatic rings. The summed E-state index contributed by atoms with van der Waals surface area (Å²) in [6.07, 6.45) is 4.68. The minimum atomic E-state index is -0.357. The molecule has 0 atom stereocenters. The van der Waals surface area contributed by atoms with Gasteiger partial charge >= 0.3 is 0 Å². The normalized spacial score (nSPS) is 14.0. The Morgan fingerprint density at radius 1 is 0.500 bits per heavy atom. The fourth-order valence-electron chi connectivity index (χ4n) is 5.79. The predicted octanol–water partition coefficient (Wildman–Crippen LogP) is 6.41. The average Bonchev–Trinajstić information content (AvgIpc) is 3.32. The van der Waals surface area contributed by atoms with E-state index in [9.17, 15) is 0 Å². The summed E-state index contributed by atoms with van der Waals surface area (Å²) in [6.45, 7) is 0. The molecule has 0 fully saturated rings. The molecule has 2 heterocycles. The molecule has 1 spiro atoms. The van der Waals surface area contributed by atoms with Crippen LogP contribution in [-0.4, -0.2) is 9.97 Å². The van der Waals surface area contributed by atoms with Crippen LogP contribution in [0.1, 0.15) is 33.4 Å². The van der Waals surface area contributed by atoms with Crippen molar-refractivity contribution in [2.75, 3.05) is 0 Å². The van der Waals surface area contributed by atoms with Gasteiger partial charge in [-0.3, -0.25) is 9.97 Å². The van der Waals surface area contributed by atoms with E-state index in [0.29, 0.717) is 0 Å². The highest BCUT2D eigenvalue weighted by atomic mass is 14.8. The SMILES string of the molecule is c1ccc(Cc2ccc3c(c2)-c2ccccc2C32c3cccnc3-c3ncccc32)cc1. The van der Waals surface area contributed by atoms with Crippen molar-refractivity contribution in [2.45, 2.75) is 11.8 Å². The van der Waals surface area contributed by atoms with Crippen LogP contribution in [0.3, 0.4) is 0 Å². The van der Waals surface area contributed by atoms with Crippen LogP contribution in [-0.2, 0) is 11.8 Å². The number of pyridine rings is 2. The van der Waals surface area contributed by atoms with Crippen molar-refractivity contribution >= 4 is 0 Å². The molecule has 150 valence electrons. The molecule has 2 heteroatoms. The Hall–Kier alpha value is -4.04. The first kappa shape index (κ1) is 17.6. The van der Waals surface area contributed by atoms with Crippen molar-refractivity contribution in [3.63, 3.8) is 0 Å². The number of aromatic nitrogens is 2. The Kier molecular flexibility index (Phi) is 3.57. The number of hydrogen-bond acceptors (Lipinski definition) is 2. The summed E-state index contributed by atoms with van der Waals surface area (Å²) in [5, 5.41) is 0. The van der Waals surface area contributed by atoms with E-state index < -0.39 is 0 Å². The van der Waals surface area contributed by atoms with Gasteiger partial charge in [0.15, 0.2) is 0 Å². The number of fused-ring (bicyclic) bond motifs is 10. The van der Waals surface area contributed by atoms with Crippen molar-refractivity contribution in [1.82, 2.24) is 9.97 Å². The lowest BCUT2D eigenvalue weighted by Gasteiger charge is -2.29. The van der Waals surface area contributed by atoms with Gasteiger partial charge in [0, 0.05) is 12.4 Å². The maximum absolute atomic E-state index is 4.78. The maximum Gasteiger partial charge on any atom is 0.0937 e. The molecule has 2 nitrogen and oxygen atoms in total. The Balaban J connectivity index is 1.53. The summed E-state index contributed by atoms with van der Waals surface area (Å²) in [5.41, 5.74) is 12.1. The van der Waals surface area contributed by atoms with Crippen molar-refractivity contribution in [3.05, 3.63) is 143 Å². The molecule has 2 aromatic heterocycles. The molecule has 7 rings (SSSR count). The van der Waals surface area contributed by atoms with Gasteiger partial charge in [-0.2, -0.15) is 0 Å². The van der Waals surface area contributed by atoms with Crippen LogP contribution >= 0.6 is 0 Å². The Labute approximate surface area is 187 Å². The van der Waals surface area contributed by atoms with Crippen LogP contribution in [0.4, 0.5) is 0 Å². The van der Waals surface area contributed by atoms with E-state index in [1.54, 1.807) is 0 Å². The van der Waals surface area contributed by atoms with Gasteiger partial charge in [0.05, 0.1) is 16.8 Å². The third kappa shape index (κ3) is 2.19. The third-order valence-corrected chi connectivity index (χ3v) is 7.01. The van der Waals surface area contributed by atoms with Crippen LogP contribution in [0.5, 0.6) is 0 Å². The molecule has 0 N–H and O–H groups in total. The minimum Gasteiger partial charge on any atom is -0.254 e. The molecular formula is C30H20N2. The van der Waals surface area contributed by atoms with E-state index in [2.05, 4.69) is 97.1 Å². The summed E-state index contributed by atoms with van der Waals surface area (Å²) in [5.74, 6) is 0. The zero-order valence-corrected chi connectivity index (χ0v) is 17.5. The van der Waals surface area contributed by atoms with E-state index in [4.69, 9.17) is 9.97 Å². The Bertz CT molecular complexity index is 1460. The van der Waals surface area contributed by atoms with Gasteiger partial charge in [0.1, 0.15) is 0 Å². The molecule has 0 unspecified atom stereocenters. The highest BCUT2D eigenvalue weighted by Gasteiger charge is 2.52. The van der Waals surface area contributed by atoms with E-state index in [1.165, 1.54) is 44.5 Å².